The molecule has 0 radical (unpaired) electrons. The molecule has 134 valence electrons. The standard InChI is InChI=1S/C19H18N2O5/c1-24-15-6-3-12(10-16(15)25-2)17(19(22)23)26-13-4-5-14-11(9-13)7-8-21-18(14)20/h3-10,17H,1-2H3,(H2,20,21)(H,22,23). The second-order valence-corrected chi connectivity index (χ2v) is 5.53. The number of carboxylic acids is 1. The number of benzene rings is 2. The molecular formula is C19H18N2O5. The van der Waals surface area contributed by atoms with Gasteiger partial charge < -0.3 is 25.1 Å². The van der Waals surface area contributed by atoms with Crippen LogP contribution in [0.4, 0.5) is 5.82 Å². The topological polar surface area (TPSA) is 104 Å². The van der Waals surface area contributed by atoms with Gasteiger partial charge in [0.25, 0.3) is 0 Å². The van der Waals surface area contributed by atoms with Gasteiger partial charge in [0, 0.05) is 17.1 Å². The molecule has 2 aromatic carbocycles. The Bertz CT molecular complexity index is 958. The van der Waals surface area contributed by atoms with Crippen molar-refractivity contribution in [2.75, 3.05) is 20.0 Å². The number of carbonyl (C=O) groups is 1. The number of fused-ring (bicyclic) bond motifs is 1. The van der Waals surface area contributed by atoms with Crippen LogP contribution in [-0.4, -0.2) is 30.3 Å². The molecule has 0 bridgehead atoms. The average molecular weight is 354 g/mol. The third-order valence-electron chi connectivity index (χ3n) is 3.96. The molecule has 3 rings (SSSR count). The summed E-state index contributed by atoms with van der Waals surface area (Å²) in [5, 5.41) is 11.2. The van der Waals surface area contributed by atoms with E-state index in [1.165, 1.54) is 14.2 Å². The van der Waals surface area contributed by atoms with Crippen molar-refractivity contribution in [3.05, 3.63) is 54.2 Å². The zero-order chi connectivity index (χ0) is 18.7. The number of hydrogen-bond donors (Lipinski definition) is 2. The third kappa shape index (κ3) is 3.32. The van der Waals surface area contributed by atoms with Gasteiger partial charge in [-0.15, -0.1) is 0 Å². The van der Waals surface area contributed by atoms with Gasteiger partial charge in [-0.05, 0) is 41.8 Å². The third-order valence-corrected chi connectivity index (χ3v) is 3.96. The van der Waals surface area contributed by atoms with Crippen LogP contribution in [0, 0.1) is 0 Å². The summed E-state index contributed by atoms with van der Waals surface area (Å²) >= 11 is 0. The minimum Gasteiger partial charge on any atom is -0.493 e. The summed E-state index contributed by atoms with van der Waals surface area (Å²) in [5.74, 6) is 0.631. The van der Waals surface area contributed by atoms with Crippen molar-refractivity contribution in [2.45, 2.75) is 6.10 Å². The molecule has 1 unspecified atom stereocenters. The van der Waals surface area contributed by atoms with Crippen LogP contribution in [0.5, 0.6) is 17.2 Å². The van der Waals surface area contributed by atoms with Crippen LogP contribution in [0.25, 0.3) is 10.8 Å². The van der Waals surface area contributed by atoms with Crippen molar-refractivity contribution in [1.82, 2.24) is 4.98 Å². The Morgan fingerprint density at radius 2 is 1.85 bits per heavy atom. The number of hydrogen-bond acceptors (Lipinski definition) is 6. The molecule has 1 aromatic heterocycles. The van der Waals surface area contributed by atoms with Gasteiger partial charge in [0.1, 0.15) is 11.6 Å². The average Bonchev–Trinajstić information content (AvgIpc) is 2.65. The van der Waals surface area contributed by atoms with Gasteiger partial charge >= 0.3 is 5.97 Å². The highest BCUT2D eigenvalue weighted by Gasteiger charge is 2.23. The van der Waals surface area contributed by atoms with Crippen molar-refractivity contribution in [3.8, 4) is 17.2 Å². The first kappa shape index (κ1) is 17.3. The minimum atomic E-state index is -1.20. The molecule has 0 aliphatic carbocycles. The Kier molecular flexibility index (Phi) is 4.79. The molecule has 0 fully saturated rings. The largest absolute Gasteiger partial charge is 0.493 e. The van der Waals surface area contributed by atoms with Gasteiger partial charge in [0.05, 0.1) is 14.2 Å². The summed E-state index contributed by atoms with van der Waals surface area (Å²) in [6.07, 6.45) is 0.385. The molecule has 3 aromatic rings. The lowest BCUT2D eigenvalue weighted by molar-refractivity contribution is -0.145. The van der Waals surface area contributed by atoms with Crippen LogP contribution in [0.2, 0.25) is 0 Å². The number of ether oxygens (including phenoxy) is 3. The van der Waals surface area contributed by atoms with Crippen LogP contribution in [0.1, 0.15) is 11.7 Å². The molecule has 7 heteroatoms. The van der Waals surface area contributed by atoms with Crippen LogP contribution in [-0.2, 0) is 4.79 Å². The lowest BCUT2D eigenvalue weighted by atomic mass is 10.1. The second kappa shape index (κ2) is 7.18. The fourth-order valence-electron chi connectivity index (χ4n) is 2.67. The van der Waals surface area contributed by atoms with Gasteiger partial charge in [0.15, 0.2) is 11.5 Å². The van der Waals surface area contributed by atoms with E-state index < -0.39 is 12.1 Å². The number of carboxylic acid groups (broad SMARTS) is 1. The van der Waals surface area contributed by atoms with Crippen LogP contribution in [0.15, 0.2) is 48.7 Å². The Morgan fingerprint density at radius 1 is 1.08 bits per heavy atom. The Balaban J connectivity index is 1.96. The molecule has 1 atom stereocenters. The highest BCUT2D eigenvalue weighted by molar-refractivity contribution is 5.91. The number of nitrogens with zero attached hydrogens (tertiary/aromatic N) is 1. The maximum atomic E-state index is 11.7. The highest BCUT2D eigenvalue weighted by Crippen LogP contribution is 2.33. The first-order chi connectivity index (χ1) is 12.5. The Hall–Kier alpha value is -3.48. The molecule has 1 heterocycles. The predicted octanol–water partition coefficient (Wildman–Crippen LogP) is 3.04. The number of nitrogens with two attached hydrogens (primary N) is 1. The van der Waals surface area contributed by atoms with Crippen molar-refractivity contribution >= 4 is 22.6 Å². The van der Waals surface area contributed by atoms with Gasteiger partial charge in [-0.25, -0.2) is 9.78 Å². The van der Waals surface area contributed by atoms with Crippen LogP contribution >= 0.6 is 0 Å². The molecule has 26 heavy (non-hydrogen) atoms. The molecule has 7 nitrogen and oxygen atoms in total. The van der Waals surface area contributed by atoms with E-state index in [1.54, 1.807) is 48.7 Å². The zero-order valence-corrected chi connectivity index (χ0v) is 14.3. The predicted molar refractivity (Wildman–Crippen MR) is 96.7 cm³/mol. The van der Waals surface area contributed by atoms with E-state index in [9.17, 15) is 9.90 Å². The van der Waals surface area contributed by atoms with Crippen LogP contribution in [0.3, 0.4) is 0 Å². The smallest absolute Gasteiger partial charge is 0.349 e. The zero-order valence-electron chi connectivity index (χ0n) is 14.3. The molecule has 0 saturated carbocycles. The van der Waals surface area contributed by atoms with Crippen molar-refractivity contribution in [1.29, 1.82) is 0 Å². The molecule has 0 spiro atoms. The van der Waals surface area contributed by atoms with Gasteiger partial charge in [-0.2, -0.15) is 0 Å². The lowest BCUT2D eigenvalue weighted by Crippen LogP contribution is -2.18. The summed E-state index contributed by atoms with van der Waals surface area (Å²) in [6, 6.07) is 11.8. The van der Waals surface area contributed by atoms with Crippen molar-refractivity contribution < 1.29 is 24.1 Å². The van der Waals surface area contributed by atoms with E-state index in [2.05, 4.69) is 4.98 Å². The first-order valence-electron chi connectivity index (χ1n) is 7.79. The molecule has 0 saturated heterocycles. The molecule has 0 aliphatic rings. The van der Waals surface area contributed by atoms with Gasteiger partial charge in [0.2, 0.25) is 6.10 Å². The molecule has 3 N–H and O–H groups in total. The van der Waals surface area contributed by atoms with Crippen molar-refractivity contribution in [2.24, 2.45) is 0 Å². The van der Waals surface area contributed by atoms with Gasteiger partial charge in [-0.3, -0.25) is 0 Å². The van der Waals surface area contributed by atoms with Crippen molar-refractivity contribution in [3.63, 3.8) is 0 Å². The number of nitrogen functional groups attached to an aromatic ring is 1. The SMILES string of the molecule is COc1ccc(C(Oc2ccc3c(N)nccc3c2)C(=O)O)cc1OC. The van der Waals surface area contributed by atoms with Gasteiger partial charge in [-0.1, -0.05) is 6.07 Å². The van der Waals surface area contributed by atoms with Crippen LogP contribution < -0.4 is 19.9 Å². The monoisotopic (exact) mass is 354 g/mol. The van der Waals surface area contributed by atoms with E-state index in [4.69, 9.17) is 19.9 Å². The molecular weight excluding hydrogens is 336 g/mol. The normalized spacial score (nSPS) is 11.8. The number of rotatable bonds is 6. The molecule has 0 amide bonds. The highest BCUT2D eigenvalue weighted by atomic mass is 16.5. The Labute approximate surface area is 149 Å². The summed E-state index contributed by atoms with van der Waals surface area (Å²) in [5.41, 5.74) is 6.27. The summed E-state index contributed by atoms with van der Waals surface area (Å²) in [7, 11) is 3.00. The minimum absolute atomic E-state index is 0.406. The maximum Gasteiger partial charge on any atom is 0.349 e. The summed E-state index contributed by atoms with van der Waals surface area (Å²) < 4.78 is 16.1. The summed E-state index contributed by atoms with van der Waals surface area (Å²) in [6.45, 7) is 0. The summed E-state index contributed by atoms with van der Waals surface area (Å²) in [4.78, 5) is 15.8. The number of anilines is 1. The molecule has 0 aliphatic heterocycles. The van der Waals surface area contributed by atoms with E-state index in [1.807, 2.05) is 0 Å². The van der Waals surface area contributed by atoms with E-state index in [0.29, 0.717) is 28.6 Å². The number of pyridine rings is 1. The number of aliphatic carboxylic acids is 1. The number of aromatic nitrogens is 1. The lowest BCUT2D eigenvalue weighted by Gasteiger charge is -2.17. The number of methoxy groups -OCH3 is 2. The fourth-order valence-corrected chi connectivity index (χ4v) is 2.67. The van der Waals surface area contributed by atoms with E-state index >= 15 is 0 Å². The van der Waals surface area contributed by atoms with E-state index in [-0.39, 0.29) is 0 Å². The maximum absolute atomic E-state index is 11.7. The second-order valence-electron chi connectivity index (χ2n) is 5.53. The van der Waals surface area contributed by atoms with E-state index in [0.717, 1.165) is 10.8 Å². The quantitative estimate of drug-likeness (QED) is 0.701. The first-order valence-corrected chi connectivity index (χ1v) is 7.79. The fraction of sp³-hybridized carbons (Fsp3) is 0.158. The Morgan fingerprint density at radius 3 is 2.54 bits per heavy atom.